The zero-order chi connectivity index (χ0) is 25.2. The molecule has 1 aliphatic rings. The van der Waals surface area contributed by atoms with Gasteiger partial charge in [-0.15, -0.1) is 0 Å². The summed E-state index contributed by atoms with van der Waals surface area (Å²) in [4.78, 5) is 4.42. The molecule has 0 bridgehead atoms. The standard InChI is InChI=1S/C24H24N6O6/c25-22-17-11-28-30(15-4-2-1-3-5-15)23(17)26-13-29(22)27-10-14-6-8-16(9-7-14)35-24-21(34)20(33)19(32)18(12-31)36-24/h1-11,13,18-21,24-25,31-34H,12H2. The molecule has 0 amide bonds. The summed E-state index contributed by atoms with van der Waals surface area (Å²) in [5, 5.41) is 56.9. The zero-order valence-corrected chi connectivity index (χ0v) is 18.9. The van der Waals surface area contributed by atoms with E-state index in [-0.39, 0.29) is 5.49 Å². The van der Waals surface area contributed by atoms with E-state index in [1.807, 2.05) is 30.3 Å². The van der Waals surface area contributed by atoms with Gasteiger partial charge in [-0.05, 0) is 42.0 Å². The second kappa shape index (κ2) is 9.97. The van der Waals surface area contributed by atoms with Crippen LogP contribution >= 0.6 is 0 Å². The fourth-order valence-electron chi connectivity index (χ4n) is 3.83. The maximum Gasteiger partial charge on any atom is 0.229 e. The summed E-state index contributed by atoms with van der Waals surface area (Å²) < 4.78 is 13.9. The van der Waals surface area contributed by atoms with Gasteiger partial charge in [-0.1, -0.05) is 18.2 Å². The van der Waals surface area contributed by atoms with Crippen LogP contribution in [0, 0.1) is 5.41 Å². The molecule has 0 radical (unpaired) electrons. The number of hydrogen-bond donors (Lipinski definition) is 5. The summed E-state index contributed by atoms with van der Waals surface area (Å²) in [5.74, 6) is 0.335. The Morgan fingerprint density at radius 1 is 1.03 bits per heavy atom. The van der Waals surface area contributed by atoms with E-state index in [0.717, 1.165) is 5.69 Å². The number of hydrogen-bond acceptors (Lipinski definition) is 10. The number of aliphatic hydroxyl groups is 4. The van der Waals surface area contributed by atoms with E-state index < -0.39 is 37.3 Å². The number of benzene rings is 2. The van der Waals surface area contributed by atoms with Crippen LogP contribution in [0.5, 0.6) is 5.75 Å². The summed E-state index contributed by atoms with van der Waals surface area (Å²) in [7, 11) is 0. The first-order valence-corrected chi connectivity index (χ1v) is 11.1. The lowest BCUT2D eigenvalue weighted by Crippen LogP contribution is -2.60. The van der Waals surface area contributed by atoms with E-state index in [4.69, 9.17) is 14.9 Å². The van der Waals surface area contributed by atoms with Gasteiger partial charge in [-0.25, -0.2) is 14.3 Å². The molecule has 1 aliphatic heterocycles. The Bertz CT molecular complexity index is 1420. The molecule has 0 saturated carbocycles. The Morgan fingerprint density at radius 2 is 1.78 bits per heavy atom. The Kier molecular flexibility index (Phi) is 6.59. The SMILES string of the molecule is N=c1c2cnn(-c3ccccc3)c2ncn1N=Cc1ccc(OC2OC(CO)C(O)C(O)C2O)cc1. The molecule has 1 fully saturated rings. The van der Waals surface area contributed by atoms with Crippen molar-refractivity contribution in [3.05, 3.63) is 78.2 Å². The van der Waals surface area contributed by atoms with Crippen LogP contribution < -0.4 is 10.2 Å². The quantitative estimate of drug-likeness (QED) is 0.230. The lowest BCUT2D eigenvalue weighted by atomic mass is 9.99. The molecule has 5 unspecified atom stereocenters. The number of fused-ring (bicyclic) bond motifs is 1. The lowest BCUT2D eigenvalue weighted by Gasteiger charge is -2.39. The predicted molar refractivity (Wildman–Crippen MR) is 127 cm³/mol. The summed E-state index contributed by atoms with van der Waals surface area (Å²) in [5.41, 5.74) is 2.21. The van der Waals surface area contributed by atoms with Crippen molar-refractivity contribution in [2.24, 2.45) is 5.10 Å². The minimum Gasteiger partial charge on any atom is -0.462 e. The largest absolute Gasteiger partial charge is 0.462 e. The Labute approximate surface area is 204 Å². The van der Waals surface area contributed by atoms with Crippen molar-refractivity contribution in [2.75, 3.05) is 6.61 Å². The third-order valence-corrected chi connectivity index (χ3v) is 5.83. The van der Waals surface area contributed by atoms with Crippen LogP contribution in [-0.4, -0.2) is 83.4 Å². The van der Waals surface area contributed by atoms with Crippen molar-refractivity contribution >= 4 is 17.2 Å². The molecular formula is C24H24N6O6. The molecule has 2 aromatic heterocycles. The van der Waals surface area contributed by atoms with Gasteiger partial charge in [-0.3, -0.25) is 5.41 Å². The van der Waals surface area contributed by atoms with E-state index in [9.17, 15) is 20.4 Å². The predicted octanol–water partition coefficient (Wildman–Crippen LogP) is -0.238. The monoisotopic (exact) mass is 492 g/mol. The maximum absolute atomic E-state index is 10.1. The molecule has 12 nitrogen and oxygen atoms in total. The van der Waals surface area contributed by atoms with Gasteiger partial charge in [-0.2, -0.15) is 10.2 Å². The van der Waals surface area contributed by atoms with Crippen LogP contribution in [-0.2, 0) is 4.74 Å². The molecular weight excluding hydrogens is 468 g/mol. The summed E-state index contributed by atoms with van der Waals surface area (Å²) >= 11 is 0. The maximum atomic E-state index is 10.1. The molecule has 5 atom stereocenters. The molecule has 12 heteroatoms. The summed E-state index contributed by atoms with van der Waals surface area (Å²) in [6.45, 7) is -0.538. The number of nitrogens with zero attached hydrogens (tertiary/aromatic N) is 5. The van der Waals surface area contributed by atoms with E-state index in [1.165, 1.54) is 11.0 Å². The number of nitrogens with one attached hydrogen (secondary N) is 1. The van der Waals surface area contributed by atoms with Gasteiger partial charge in [0.05, 0.1) is 30.1 Å². The number of aliphatic hydroxyl groups excluding tert-OH is 4. The lowest BCUT2D eigenvalue weighted by molar-refractivity contribution is -0.277. The first-order chi connectivity index (χ1) is 17.5. The first kappa shape index (κ1) is 23.8. The highest BCUT2D eigenvalue weighted by Crippen LogP contribution is 2.24. The van der Waals surface area contributed by atoms with Gasteiger partial charge >= 0.3 is 0 Å². The smallest absolute Gasteiger partial charge is 0.229 e. The van der Waals surface area contributed by atoms with E-state index >= 15 is 0 Å². The zero-order valence-electron chi connectivity index (χ0n) is 18.9. The molecule has 0 aliphatic carbocycles. The molecule has 5 N–H and O–H groups in total. The minimum absolute atomic E-state index is 0.126. The van der Waals surface area contributed by atoms with Crippen LogP contribution in [0.2, 0.25) is 0 Å². The van der Waals surface area contributed by atoms with Crippen molar-refractivity contribution in [2.45, 2.75) is 30.7 Å². The van der Waals surface area contributed by atoms with Crippen LogP contribution in [0.15, 0.2) is 72.2 Å². The number of para-hydroxylation sites is 1. The number of rotatable bonds is 6. The molecule has 4 aromatic rings. The van der Waals surface area contributed by atoms with Gasteiger partial charge < -0.3 is 29.9 Å². The average Bonchev–Trinajstić information content (AvgIpc) is 3.35. The third-order valence-electron chi connectivity index (χ3n) is 5.83. The first-order valence-electron chi connectivity index (χ1n) is 11.1. The normalized spacial score (nSPS) is 24.4. The highest BCUT2D eigenvalue weighted by atomic mass is 16.7. The van der Waals surface area contributed by atoms with Crippen molar-refractivity contribution in [1.82, 2.24) is 19.4 Å². The molecule has 5 rings (SSSR count). The van der Waals surface area contributed by atoms with E-state index in [2.05, 4.69) is 15.2 Å². The Morgan fingerprint density at radius 3 is 2.50 bits per heavy atom. The molecule has 2 aromatic carbocycles. The third kappa shape index (κ3) is 4.51. The van der Waals surface area contributed by atoms with Gasteiger partial charge in [0, 0.05) is 0 Å². The van der Waals surface area contributed by atoms with Crippen LogP contribution in [0.25, 0.3) is 16.7 Å². The van der Waals surface area contributed by atoms with Crippen LogP contribution in [0.3, 0.4) is 0 Å². The summed E-state index contributed by atoms with van der Waals surface area (Å²) in [6, 6.07) is 16.1. The van der Waals surface area contributed by atoms with Crippen LogP contribution in [0.4, 0.5) is 0 Å². The van der Waals surface area contributed by atoms with Gasteiger partial charge in [0.25, 0.3) is 0 Å². The highest BCUT2D eigenvalue weighted by Gasteiger charge is 2.44. The minimum atomic E-state index is -1.52. The van der Waals surface area contributed by atoms with Crippen molar-refractivity contribution < 1.29 is 29.9 Å². The Hall–Kier alpha value is -3.94. The summed E-state index contributed by atoms with van der Waals surface area (Å²) in [6.07, 6.45) is -2.22. The topological polar surface area (TPSA) is 171 Å². The second-order valence-electron chi connectivity index (χ2n) is 8.20. The fourth-order valence-corrected chi connectivity index (χ4v) is 3.83. The molecule has 36 heavy (non-hydrogen) atoms. The molecule has 186 valence electrons. The van der Waals surface area contributed by atoms with Crippen molar-refractivity contribution in [3.8, 4) is 11.4 Å². The number of ether oxygens (including phenoxy) is 2. The van der Waals surface area contributed by atoms with E-state index in [0.29, 0.717) is 22.3 Å². The highest BCUT2D eigenvalue weighted by molar-refractivity contribution is 5.80. The molecule has 3 heterocycles. The molecule has 1 saturated heterocycles. The van der Waals surface area contributed by atoms with Gasteiger partial charge in [0.15, 0.2) is 11.1 Å². The van der Waals surface area contributed by atoms with Gasteiger partial charge in [0.1, 0.15) is 36.5 Å². The van der Waals surface area contributed by atoms with Gasteiger partial charge in [0.2, 0.25) is 6.29 Å². The molecule has 0 spiro atoms. The fraction of sp³-hybridized carbons (Fsp3) is 0.250. The van der Waals surface area contributed by atoms with Crippen LogP contribution in [0.1, 0.15) is 5.56 Å². The second-order valence-corrected chi connectivity index (χ2v) is 8.20. The van der Waals surface area contributed by atoms with E-state index in [1.54, 1.807) is 41.4 Å². The van der Waals surface area contributed by atoms with Crippen molar-refractivity contribution in [3.63, 3.8) is 0 Å². The average molecular weight is 492 g/mol. The number of aromatic nitrogens is 4. The van der Waals surface area contributed by atoms with Crippen molar-refractivity contribution in [1.29, 1.82) is 5.41 Å². The Balaban J connectivity index is 1.30.